The van der Waals surface area contributed by atoms with Crippen LogP contribution in [0, 0.1) is 12.8 Å². The number of nitrogens with zero attached hydrogens (tertiary/aromatic N) is 4. The molecule has 3 heterocycles. The predicted molar refractivity (Wildman–Crippen MR) is 118 cm³/mol. The quantitative estimate of drug-likeness (QED) is 0.508. The van der Waals surface area contributed by atoms with E-state index in [4.69, 9.17) is 24.5 Å². The van der Waals surface area contributed by atoms with Crippen LogP contribution in [0.2, 0.25) is 0 Å². The van der Waals surface area contributed by atoms with E-state index in [1.54, 1.807) is 18.4 Å². The first-order valence-electron chi connectivity index (χ1n) is 10.9. The third-order valence-electron chi connectivity index (χ3n) is 5.33. The fraction of sp³-hybridized carbons (Fsp3) is 0.619. The summed E-state index contributed by atoms with van der Waals surface area (Å²) in [6.45, 7) is 5.80. The second-order valence-electron chi connectivity index (χ2n) is 8.36. The van der Waals surface area contributed by atoms with Gasteiger partial charge in [0.2, 0.25) is 0 Å². The summed E-state index contributed by atoms with van der Waals surface area (Å²) in [7, 11) is 1.79. The molecule has 2 aromatic heterocycles. The summed E-state index contributed by atoms with van der Waals surface area (Å²) in [6, 6.07) is 0.286. The first kappa shape index (κ1) is 30.5. The van der Waals surface area contributed by atoms with E-state index in [0.717, 1.165) is 37.7 Å². The largest absolute Gasteiger partial charge is 0.490 e. The summed E-state index contributed by atoms with van der Waals surface area (Å²) < 4.78 is 71.3. The molecule has 0 radical (unpaired) electrons. The molecule has 0 amide bonds. The lowest BCUT2D eigenvalue weighted by atomic mass is 10.00. The molecule has 9 nitrogen and oxygen atoms in total. The smallest absolute Gasteiger partial charge is 0.475 e. The molecule has 4 rings (SSSR count). The highest BCUT2D eigenvalue weighted by atomic mass is 32.1. The van der Waals surface area contributed by atoms with Crippen molar-refractivity contribution in [2.75, 3.05) is 20.3 Å². The fourth-order valence-corrected chi connectivity index (χ4v) is 4.27. The van der Waals surface area contributed by atoms with Gasteiger partial charge in [-0.3, -0.25) is 9.58 Å². The average molecular weight is 561 g/mol. The summed E-state index contributed by atoms with van der Waals surface area (Å²) in [5.41, 5.74) is 3.89. The number of hydrogen-bond acceptors (Lipinski definition) is 7. The molecule has 2 aliphatic rings. The Labute approximate surface area is 211 Å². The van der Waals surface area contributed by atoms with Gasteiger partial charge < -0.3 is 14.9 Å². The van der Waals surface area contributed by atoms with Gasteiger partial charge in [0.05, 0.1) is 31.1 Å². The molecular weight excluding hydrogens is 534 g/mol. The minimum atomic E-state index is -5.08. The first-order valence-corrected chi connectivity index (χ1v) is 11.8. The maximum atomic E-state index is 10.6. The molecule has 1 aliphatic carbocycles. The van der Waals surface area contributed by atoms with E-state index in [1.807, 2.05) is 0 Å². The van der Waals surface area contributed by atoms with Crippen molar-refractivity contribution in [2.24, 2.45) is 5.92 Å². The van der Waals surface area contributed by atoms with E-state index < -0.39 is 24.3 Å². The van der Waals surface area contributed by atoms with Gasteiger partial charge in [0, 0.05) is 31.3 Å². The highest BCUT2D eigenvalue weighted by Crippen LogP contribution is 2.35. The van der Waals surface area contributed by atoms with Crippen LogP contribution in [0.5, 0.6) is 0 Å². The number of rotatable bonds is 6. The number of hydrogen-bond donors (Lipinski definition) is 2. The third kappa shape index (κ3) is 9.59. The Hall–Kier alpha value is -2.72. The van der Waals surface area contributed by atoms with Crippen molar-refractivity contribution in [1.29, 1.82) is 0 Å². The molecule has 208 valence electrons. The van der Waals surface area contributed by atoms with Gasteiger partial charge in [-0.1, -0.05) is 0 Å². The summed E-state index contributed by atoms with van der Waals surface area (Å²) in [4.78, 5) is 24.9. The van der Waals surface area contributed by atoms with Crippen LogP contribution in [0.25, 0.3) is 0 Å². The van der Waals surface area contributed by atoms with Gasteiger partial charge in [-0.15, -0.1) is 11.3 Å². The molecule has 2 aromatic rings. The molecule has 1 saturated carbocycles. The van der Waals surface area contributed by atoms with Gasteiger partial charge in [-0.25, -0.2) is 14.6 Å². The normalized spacial score (nSPS) is 17.7. The number of fused-ring (bicyclic) bond motifs is 1. The second kappa shape index (κ2) is 12.7. The number of ether oxygens (including phenoxy) is 1. The van der Waals surface area contributed by atoms with Gasteiger partial charge in [-0.05, 0) is 37.7 Å². The van der Waals surface area contributed by atoms with Crippen molar-refractivity contribution in [3.05, 3.63) is 33.5 Å². The topological polar surface area (TPSA) is 118 Å². The van der Waals surface area contributed by atoms with Gasteiger partial charge in [0.15, 0.2) is 0 Å². The van der Waals surface area contributed by atoms with E-state index in [0.29, 0.717) is 6.61 Å². The van der Waals surface area contributed by atoms with Crippen molar-refractivity contribution < 1.29 is 50.9 Å². The number of aryl methyl sites for hydroxylation is 1. The highest BCUT2D eigenvalue weighted by molar-refractivity contribution is 7.09. The predicted octanol–water partition coefficient (Wildman–Crippen LogP) is 4.07. The molecule has 2 N–H and O–H groups in total. The minimum absolute atomic E-state index is 0.286. The Morgan fingerprint density at radius 2 is 1.70 bits per heavy atom. The number of alkyl halides is 6. The second-order valence-corrected chi connectivity index (χ2v) is 9.30. The van der Waals surface area contributed by atoms with Crippen molar-refractivity contribution in [2.45, 2.75) is 57.7 Å². The minimum Gasteiger partial charge on any atom is -0.475 e. The Balaban J connectivity index is 0.000000286. The Bertz CT molecular complexity index is 1030. The molecule has 16 heteroatoms. The zero-order chi connectivity index (χ0) is 28.0. The lowest BCUT2D eigenvalue weighted by Crippen LogP contribution is -2.38. The van der Waals surface area contributed by atoms with Gasteiger partial charge in [0.1, 0.15) is 5.01 Å². The zero-order valence-electron chi connectivity index (χ0n) is 19.8. The first-order chi connectivity index (χ1) is 17.1. The summed E-state index contributed by atoms with van der Waals surface area (Å²) in [5.74, 6) is -4.68. The van der Waals surface area contributed by atoms with Crippen LogP contribution >= 0.6 is 11.3 Å². The van der Waals surface area contributed by atoms with Gasteiger partial charge >= 0.3 is 24.3 Å². The molecule has 37 heavy (non-hydrogen) atoms. The molecule has 1 fully saturated rings. The third-order valence-corrected chi connectivity index (χ3v) is 6.28. The zero-order valence-corrected chi connectivity index (χ0v) is 20.7. The number of methoxy groups -OCH3 is 1. The maximum Gasteiger partial charge on any atom is 0.490 e. The van der Waals surface area contributed by atoms with E-state index in [9.17, 15) is 26.3 Å². The number of aliphatic carboxylic acids is 2. The number of carboxylic acids is 2. The Morgan fingerprint density at radius 3 is 2.14 bits per heavy atom. The molecule has 0 bridgehead atoms. The van der Waals surface area contributed by atoms with Crippen LogP contribution in [0.15, 0.2) is 11.6 Å². The fourth-order valence-electron chi connectivity index (χ4n) is 3.48. The van der Waals surface area contributed by atoms with Crippen molar-refractivity contribution >= 4 is 23.3 Å². The summed E-state index contributed by atoms with van der Waals surface area (Å²) >= 11 is 1.76. The number of aromatic nitrogens is 3. The van der Waals surface area contributed by atoms with E-state index in [2.05, 4.69) is 38.2 Å². The standard InChI is InChI=1S/C17H24N4OS.2C2HF3O2/c1-12-11-23-16(19-12)9-20-6-5-14-7-18-21(8-13-3-4-13)17(14)15(20)10-22-2;2*3-2(4,5)1(6)7/h7,11,13,15H,3-6,8-10H2,1-2H3;2*(H,6,7). The van der Waals surface area contributed by atoms with Gasteiger partial charge in [-0.2, -0.15) is 31.4 Å². The van der Waals surface area contributed by atoms with Crippen LogP contribution in [0.1, 0.15) is 40.8 Å². The van der Waals surface area contributed by atoms with Crippen molar-refractivity contribution in [3.63, 3.8) is 0 Å². The van der Waals surface area contributed by atoms with E-state index in [-0.39, 0.29) is 6.04 Å². The molecule has 0 spiro atoms. The molecule has 0 aromatic carbocycles. The Kier molecular flexibility index (Phi) is 10.5. The van der Waals surface area contributed by atoms with Crippen LogP contribution in [0.4, 0.5) is 26.3 Å². The SMILES string of the molecule is COCC1c2c(cnn2CC2CC2)CCN1Cc1nc(C)cs1.O=C(O)C(F)(F)F.O=C(O)C(F)(F)F. The molecule has 1 unspecified atom stereocenters. The summed E-state index contributed by atoms with van der Waals surface area (Å²) in [5, 5.41) is 22.3. The summed E-state index contributed by atoms with van der Waals surface area (Å²) in [6.07, 6.45) is -4.31. The van der Waals surface area contributed by atoms with Crippen LogP contribution in [0.3, 0.4) is 0 Å². The monoisotopic (exact) mass is 560 g/mol. The molecule has 1 atom stereocenters. The number of thiazole rings is 1. The molecule has 1 aliphatic heterocycles. The van der Waals surface area contributed by atoms with Crippen LogP contribution in [-0.4, -0.2) is 74.4 Å². The number of carbonyl (C=O) groups is 2. The molecule has 0 saturated heterocycles. The number of halogens is 6. The van der Waals surface area contributed by atoms with Crippen LogP contribution < -0.4 is 0 Å². The van der Waals surface area contributed by atoms with Crippen molar-refractivity contribution in [3.8, 4) is 0 Å². The van der Waals surface area contributed by atoms with E-state index in [1.165, 1.54) is 29.1 Å². The number of carboxylic acid groups (broad SMARTS) is 2. The lowest BCUT2D eigenvalue weighted by Gasteiger charge is -2.35. The lowest BCUT2D eigenvalue weighted by molar-refractivity contribution is -0.193. The highest BCUT2D eigenvalue weighted by Gasteiger charge is 2.39. The molecular formula is C21H26F6N4O5S. The van der Waals surface area contributed by atoms with Crippen molar-refractivity contribution in [1.82, 2.24) is 19.7 Å². The van der Waals surface area contributed by atoms with Gasteiger partial charge in [0.25, 0.3) is 0 Å². The van der Waals surface area contributed by atoms with E-state index >= 15 is 0 Å². The maximum absolute atomic E-state index is 10.6. The van der Waals surface area contributed by atoms with Crippen LogP contribution in [-0.2, 0) is 33.8 Å². The Morgan fingerprint density at radius 1 is 1.14 bits per heavy atom. The average Bonchev–Trinajstić information content (AvgIpc) is 3.36.